The molecular weight excluding hydrogens is 204 g/mol. The summed E-state index contributed by atoms with van der Waals surface area (Å²) in [5.41, 5.74) is 2.82. The number of hydrogen-bond donors (Lipinski definition) is 1. The zero-order chi connectivity index (χ0) is 12.0. The summed E-state index contributed by atoms with van der Waals surface area (Å²) in [5, 5.41) is 10.8. The van der Waals surface area contributed by atoms with Crippen LogP contribution in [0.3, 0.4) is 0 Å². The monoisotopic (exact) mass is 224 g/mol. The molecule has 1 fully saturated rings. The number of piperazine rings is 1. The van der Waals surface area contributed by atoms with Gasteiger partial charge in [-0.3, -0.25) is 10.2 Å². The van der Waals surface area contributed by atoms with Gasteiger partial charge in [-0.05, 0) is 13.5 Å². The Balaban J connectivity index is 2.36. The molecular formula is C11H20N4O. The van der Waals surface area contributed by atoms with Crippen LogP contribution < -0.4 is 5.43 Å². The van der Waals surface area contributed by atoms with Gasteiger partial charge in [-0.15, -0.1) is 0 Å². The number of carbonyl (C=O) groups is 1. The number of nitriles is 1. The van der Waals surface area contributed by atoms with Crippen molar-refractivity contribution < 1.29 is 4.79 Å². The highest BCUT2D eigenvalue weighted by Gasteiger charge is 2.21. The maximum atomic E-state index is 11.7. The average molecular weight is 224 g/mol. The van der Waals surface area contributed by atoms with Crippen molar-refractivity contribution in [1.29, 1.82) is 5.26 Å². The highest BCUT2D eigenvalue weighted by atomic mass is 16.2. The van der Waals surface area contributed by atoms with Crippen LogP contribution >= 0.6 is 0 Å². The fourth-order valence-electron chi connectivity index (χ4n) is 1.69. The molecule has 1 saturated heterocycles. The van der Waals surface area contributed by atoms with E-state index in [1.54, 1.807) is 0 Å². The van der Waals surface area contributed by atoms with E-state index in [0.29, 0.717) is 6.42 Å². The number of nitrogens with zero attached hydrogens (tertiary/aromatic N) is 3. The van der Waals surface area contributed by atoms with Crippen LogP contribution in [0.5, 0.6) is 0 Å². The van der Waals surface area contributed by atoms with Crippen molar-refractivity contribution in [2.75, 3.05) is 33.2 Å². The van der Waals surface area contributed by atoms with E-state index in [2.05, 4.69) is 23.4 Å². The fourth-order valence-corrected chi connectivity index (χ4v) is 1.69. The second-order valence-corrected chi connectivity index (χ2v) is 4.24. The molecule has 90 valence electrons. The van der Waals surface area contributed by atoms with Crippen LogP contribution in [0.2, 0.25) is 0 Å². The lowest BCUT2D eigenvalue weighted by atomic mass is 10.1. The van der Waals surface area contributed by atoms with Crippen molar-refractivity contribution in [2.24, 2.45) is 5.92 Å². The number of carbonyl (C=O) groups excluding carboxylic acids is 1. The first-order chi connectivity index (χ1) is 7.67. The largest absolute Gasteiger partial charge is 0.304 e. The van der Waals surface area contributed by atoms with Crippen molar-refractivity contribution in [3.05, 3.63) is 0 Å². The van der Waals surface area contributed by atoms with Crippen LogP contribution in [-0.4, -0.2) is 49.0 Å². The van der Waals surface area contributed by atoms with Crippen molar-refractivity contribution in [3.63, 3.8) is 0 Å². The van der Waals surface area contributed by atoms with Gasteiger partial charge in [-0.25, -0.2) is 5.01 Å². The first kappa shape index (κ1) is 12.9. The summed E-state index contributed by atoms with van der Waals surface area (Å²) in [4.78, 5) is 13.9. The quantitative estimate of drug-likeness (QED) is 0.741. The second-order valence-electron chi connectivity index (χ2n) is 4.24. The summed E-state index contributed by atoms with van der Waals surface area (Å²) < 4.78 is 0. The standard InChI is InChI=1S/C11H20N4O/c1-3-4-10(9-12)11(16)13-15-7-5-14(2)6-8-15/h10H,3-8H2,1-2H3,(H,13,16). The molecule has 1 N–H and O–H groups in total. The van der Waals surface area contributed by atoms with Gasteiger partial charge in [0.1, 0.15) is 5.92 Å². The van der Waals surface area contributed by atoms with Crippen LogP contribution in [0, 0.1) is 17.2 Å². The van der Waals surface area contributed by atoms with E-state index in [0.717, 1.165) is 32.6 Å². The van der Waals surface area contributed by atoms with Gasteiger partial charge in [0, 0.05) is 26.2 Å². The predicted molar refractivity (Wildman–Crippen MR) is 61.2 cm³/mol. The molecule has 1 atom stereocenters. The third kappa shape index (κ3) is 3.80. The molecule has 1 aliphatic rings. The Bertz CT molecular complexity index is 266. The summed E-state index contributed by atoms with van der Waals surface area (Å²) in [7, 11) is 2.06. The Morgan fingerprint density at radius 1 is 1.44 bits per heavy atom. The Morgan fingerprint density at radius 2 is 2.06 bits per heavy atom. The van der Waals surface area contributed by atoms with Crippen molar-refractivity contribution in [1.82, 2.24) is 15.3 Å². The summed E-state index contributed by atoms with van der Waals surface area (Å²) in [6.45, 7) is 5.53. The van der Waals surface area contributed by atoms with Crippen LogP contribution in [-0.2, 0) is 4.79 Å². The van der Waals surface area contributed by atoms with Crippen LogP contribution in [0.4, 0.5) is 0 Å². The van der Waals surface area contributed by atoms with Gasteiger partial charge in [-0.1, -0.05) is 13.3 Å². The molecule has 5 heteroatoms. The van der Waals surface area contributed by atoms with Gasteiger partial charge in [-0.2, -0.15) is 5.26 Å². The van der Waals surface area contributed by atoms with Crippen LogP contribution in [0.25, 0.3) is 0 Å². The Kier molecular flexibility index (Phi) is 5.23. The van der Waals surface area contributed by atoms with E-state index in [1.807, 2.05) is 11.9 Å². The molecule has 1 aliphatic heterocycles. The molecule has 1 amide bonds. The minimum Gasteiger partial charge on any atom is -0.304 e. The summed E-state index contributed by atoms with van der Waals surface area (Å²) in [6.07, 6.45) is 1.49. The SMILES string of the molecule is CCCC(C#N)C(=O)NN1CCN(C)CC1. The Labute approximate surface area is 97.0 Å². The fraction of sp³-hybridized carbons (Fsp3) is 0.818. The van der Waals surface area contributed by atoms with Crippen LogP contribution in [0.15, 0.2) is 0 Å². The Morgan fingerprint density at radius 3 is 2.56 bits per heavy atom. The maximum Gasteiger partial charge on any atom is 0.251 e. The molecule has 0 bridgehead atoms. The van der Waals surface area contributed by atoms with Gasteiger partial charge in [0.05, 0.1) is 6.07 Å². The van der Waals surface area contributed by atoms with Crippen molar-refractivity contribution in [3.8, 4) is 6.07 Å². The lowest BCUT2D eigenvalue weighted by molar-refractivity contribution is -0.129. The number of likely N-dealkylation sites (N-methyl/N-ethyl adjacent to an activating group) is 1. The molecule has 0 aromatic carbocycles. The molecule has 1 heterocycles. The molecule has 0 spiro atoms. The van der Waals surface area contributed by atoms with E-state index >= 15 is 0 Å². The average Bonchev–Trinajstić information content (AvgIpc) is 2.29. The molecule has 0 aliphatic carbocycles. The minimum atomic E-state index is -0.510. The smallest absolute Gasteiger partial charge is 0.251 e. The Hall–Kier alpha value is -1.12. The summed E-state index contributed by atoms with van der Waals surface area (Å²) >= 11 is 0. The summed E-state index contributed by atoms with van der Waals surface area (Å²) in [5.74, 6) is -0.668. The van der Waals surface area contributed by atoms with E-state index in [9.17, 15) is 4.79 Å². The number of hydrogen-bond acceptors (Lipinski definition) is 4. The lowest BCUT2D eigenvalue weighted by Crippen LogP contribution is -2.53. The normalized spacial score (nSPS) is 20.1. The van der Waals surface area contributed by atoms with Crippen molar-refractivity contribution >= 4 is 5.91 Å². The van der Waals surface area contributed by atoms with E-state index in [4.69, 9.17) is 5.26 Å². The number of hydrazine groups is 1. The van der Waals surface area contributed by atoms with Gasteiger partial charge in [0.25, 0.3) is 5.91 Å². The molecule has 0 radical (unpaired) electrons. The van der Waals surface area contributed by atoms with E-state index < -0.39 is 5.92 Å². The highest BCUT2D eigenvalue weighted by molar-refractivity contribution is 5.80. The molecule has 16 heavy (non-hydrogen) atoms. The first-order valence-electron chi connectivity index (χ1n) is 5.81. The number of nitrogens with one attached hydrogen (secondary N) is 1. The number of amides is 1. The molecule has 0 aromatic heterocycles. The van der Waals surface area contributed by atoms with Crippen LogP contribution in [0.1, 0.15) is 19.8 Å². The third-order valence-corrected chi connectivity index (χ3v) is 2.82. The van der Waals surface area contributed by atoms with E-state index in [1.165, 1.54) is 0 Å². The molecule has 0 saturated carbocycles. The minimum absolute atomic E-state index is 0.158. The lowest BCUT2D eigenvalue weighted by Gasteiger charge is -2.32. The zero-order valence-corrected chi connectivity index (χ0v) is 10.1. The molecule has 1 rings (SSSR count). The summed E-state index contributed by atoms with van der Waals surface area (Å²) in [6, 6.07) is 2.05. The molecule has 1 unspecified atom stereocenters. The molecule has 5 nitrogen and oxygen atoms in total. The third-order valence-electron chi connectivity index (χ3n) is 2.82. The van der Waals surface area contributed by atoms with Gasteiger partial charge in [0.2, 0.25) is 0 Å². The van der Waals surface area contributed by atoms with E-state index in [-0.39, 0.29) is 5.91 Å². The van der Waals surface area contributed by atoms with Crippen molar-refractivity contribution in [2.45, 2.75) is 19.8 Å². The van der Waals surface area contributed by atoms with Gasteiger partial charge in [0.15, 0.2) is 0 Å². The zero-order valence-electron chi connectivity index (χ0n) is 10.1. The highest BCUT2D eigenvalue weighted by Crippen LogP contribution is 2.05. The predicted octanol–water partition coefficient (Wildman–Crippen LogP) is 0.205. The van der Waals surface area contributed by atoms with Gasteiger partial charge >= 0.3 is 0 Å². The molecule has 0 aromatic rings. The van der Waals surface area contributed by atoms with Gasteiger partial charge < -0.3 is 4.90 Å². The topological polar surface area (TPSA) is 59.4 Å². The second kappa shape index (κ2) is 6.46. The maximum absolute atomic E-state index is 11.7. The number of rotatable bonds is 4. The first-order valence-corrected chi connectivity index (χ1v) is 5.81.